The van der Waals surface area contributed by atoms with Gasteiger partial charge >= 0.3 is 6.16 Å². The van der Waals surface area contributed by atoms with Crippen LogP contribution in [0.25, 0.3) is 0 Å². The van der Waals surface area contributed by atoms with Crippen molar-refractivity contribution in [2.75, 3.05) is 7.11 Å². The van der Waals surface area contributed by atoms with E-state index in [0.29, 0.717) is 41.7 Å². The van der Waals surface area contributed by atoms with Crippen LogP contribution in [0.15, 0.2) is 30.3 Å². The monoisotopic (exact) mass is 399 g/mol. The molecular weight excluding hydrogens is 378 g/mol. The van der Waals surface area contributed by atoms with E-state index in [-0.39, 0.29) is 5.78 Å². The Balaban J connectivity index is 1.76. The van der Waals surface area contributed by atoms with Crippen molar-refractivity contribution in [1.82, 2.24) is 4.73 Å². The molecule has 1 aliphatic carbocycles. The van der Waals surface area contributed by atoms with Gasteiger partial charge < -0.3 is 19.7 Å². The van der Waals surface area contributed by atoms with E-state index in [9.17, 15) is 19.8 Å². The van der Waals surface area contributed by atoms with Crippen LogP contribution < -0.4 is 9.57 Å². The highest BCUT2D eigenvalue weighted by atomic mass is 16.8. The minimum absolute atomic E-state index is 0.132. The summed E-state index contributed by atoms with van der Waals surface area (Å²) in [5.41, 5.74) is 1.38. The fraction of sp³-hybridized carbons (Fsp3) is 0.333. The molecule has 1 aliphatic rings. The summed E-state index contributed by atoms with van der Waals surface area (Å²) in [6.45, 7) is 0. The molecule has 8 heteroatoms. The van der Waals surface area contributed by atoms with Crippen LogP contribution >= 0.6 is 0 Å². The van der Waals surface area contributed by atoms with Crippen LogP contribution in [0.2, 0.25) is 0 Å². The molecule has 8 nitrogen and oxygen atoms in total. The molecule has 2 unspecified atom stereocenters. The SMILES string of the molecule is C#CCCCC(OC(=O)On1c(O)ccc1O)C1Cc2cc(OC)ccc2C1=O. The molecule has 3 rings (SSSR count). The number of nitrogens with zero attached hydrogens (tertiary/aromatic N) is 1. The lowest BCUT2D eigenvalue weighted by Crippen LogP contribution is -2.33. The van der Waals surface area contributed by atoms with Crippen LogP contribution in [-0.4, -0.2) is 40.1 Å². The Hall–Kier alpha value is -3.60. The standard InChI is InChI=1S/C21H21NO7/c1-3-4-5-6-17(28-21(26)29-22-18(23)9-10-19(22)24)16-12-13-11-14(27-2)7-8-15(13)20(16)25/h1,7-11,16-17,23-24H,4-6,12H2,2H3. The van der Waals surface area contributed by atoms with E-state index in [2.05, 4.69) is 5.92 Å². The molecule has 0 spiro atoms. The van der Waals surface area contributed by atoms with E-state index < -0.39 is 29.9 Å². The van der Waals surface area contributed by atoms with Crippen molar-refractivity contribution in [3.8, 4) is 29.9 Å². The molecule has 1 aromatic carbocycles. The lowest BCUT2D eigenvalue weighted by molar-refractivity contribution is -0.00795. The van der Waals surface area contributed by atoms with Crippen LogP contribution in [0.4, 0.5) is 4.79 Å². The van der Waals surface area contributed by atoms with Crippen LogP contribution in [0.1, 0.15) is 35.2 Å². The molecule has 0 radical (unpaired) electrons. The number of unbranched alkanes of at least 4 members (excludes halogenated alkanes) is 1. The van der Waals surface area contributed by atoms with Gasteiger partial charge in [-0.15, -0.1) is 17.1 Å². The Morgan fingerprint density at radius 1 is 1.31 bits per heavy atom. The topological polar surface area (TPSA) is 107 Å². The summed E-state index contributed by atoms with van der Waals surface area (Å²) in [5.74, 6) is 1.49. The summed E-state index contributed by atoms with van der Waals surface area (Å²) in [7, 11) is 1.55. The van der Waals surface area contributed by atoms with E-state index in [4.69, 9.17) is 20.7 Å². The van der Waals surface area contributed by atoms with Gasteiger partial charge in [-0.3, -0.25) is 9.63 Å². The normalized spacial score (nSPS) is 16.0. The fourth-order valence-electron chi connectivity index (χ4n) is 3.40. The Kier molecular flexibility index (Phi) is 5.98. The predicted octanol–water partition coefficient (Wildman–Crippen LogP) is 2.70. The summed E-state index contributed by atoms with van der Waals surface area (Å²) in [6, 6.07) is 7.50. The number of carbonyl (C=O) groups excluding carboxylic acids is 2. The lowest BCUT2D eigenvalue weighted by atomic mass is 9.94. The molecule has 0 fully saturated rings. The highest BCUT2D eigenvalue weighted by Gasteiger charge is 2.38. The molecule has 152 valence electrons. The molecule has 0 bridgehead atoms. The van der Waals surface area contributed by atoms with E-state index in [1.807, 2.05) is 0 Å². The van der Waals surface area contributed by atoms with Gasteiger partial charge in [-0.2, -0.15) is 0 Å². The third-order valence-electron chi connectivity index (χ3n) is 4.82. The van der Waals surface area contributed by atoms with Crippen molar-refractivity contribution in [2.24, 2.45) is 5.92 Å². The Labute approximate surface area is 167 Å². The summed E-state index contributed by atoms with van der Waals surface area (Å²) < 4.78 is 11.1. The molecule has 2 aromatic rings. The Bertz CT molecular complexity index is 937. The highest BCUT2D eigenvalue weighted by molar-refractivity contribution is 6.02. The van der Waals surface area contributed by atoms with Crippen LogP contribution in [0, 0.1) is 18.3 Å². The minimum Gasteiger partial charge on any atom is -0.497 e. The van der Waals surface area contributed by atoms with Crippen molar-refractivity contribution < 1.29 is 34.1 Å². The zero-order valence-electron chi connectivity index (χ0n) is 15.8. The number of fused-ring (bicyclic) bond motifs is 1. The molecule has 0 saturated carbocycles. The predicted molar refractivity (Wildman–Crippen MR) is 102 cm³/mol. The number of aromatic hydroxyl groups is 2. The zero-order chi connectivity index (χ0) is 21.0. The average molecular weight is 399 g/mol. The lowest BCUT2D eigenvalue weighted by Gasteiger charge is -2.22. The number of benzene rings is 1. The second-order valence-electron chi connectivity index (χ2n) is 6.64. The van der Waals surface area contributed by atoms with Crippen LogP contribution in [0.5, 0.6) is 17.5 Å². The van der Waals surface area contributed by atoms with E-state index in [1.165, 1.54) is 0 Å². The van der Waals surface area contributed by atoms with Crippen molar-refractivity contribution >= 4 is 11.9 Å². The molecule has 0 aliphatic heterocycles. The average Bonchev–Trinajstić information content (AvgIpc) is 3.20. The third kappa shape index (κ3) is 4.29. The maximum Gasteiger partial charge on any atom is 0.534 e. The van der Waals surface area contributed by atoms with Gasteiger partial charge in [0.1, 0.15) is 11.9 Å². The number of hydrogen-bond donors (Lipinski definition) is 2. The second kappa shape index (κ2) is 8.61. The highest BCUT2D eigenvalue weighted by Crippen LogP contribution is 2.34. The summed E-state index contributed by atoms with van der Waals surface area (Å²) in [6.07, 6.45) is 5.14. The molecule has 2 N–H and O–H groups in total. The third-order valence-corrected chi connectivity index (χ3v) is 4.82. The van der Waals surface area contributed by atoms with Gasteiger partial charge in [0, 0.05) is 24.1 Å². The maximum atomic E-state index is 12.9. The van der Waals surface area contributed by atoms with Crippen LogP contribution in [0.3, 0.4) is 0 Å². The second-order valence-corrected chi connectivity index (χ2v) is 6.64. The summed E-state index contributed by atoms with van der Waals surface area (Å²) >= 11 is 0. The molecule has 1 aromatic heterocycles. The van der Waals surface area contributed by atoms with Gasteiger partial charge in [-0.1, -0.05) is 0 Å². The Morgan fingerprint density at radius 3 is 2.69 bits per heavy atom. The van der Waals surface area contributed by atoms with Crippen molar-refractivity contribution in [2.45, 2.75) is 31.8 Å². The first-order valence-electron chi connectivity index (χ1n) is 9.07. The molecular formula is C21H21NO7. The number of terminal acetylenes is 1. The fourth-order valence-corrected chi connectivity index (χ4v) is 3.40. The molecule has 0 saturated heterocycles. The van der Waals surface area contributed by atoms with Gasteiger partial charge in [-0.25, -0.2) is 4.79 Å². The quantitative estimate of drug-likeness (QED) is 0.419. The van der Waals surface area contributed by atoms with Gasteiger partial charge in [0.25, 0.3) is 0 Å². The van der Waals surface area contributed by atoms with Gasteiger partial charge in [0.05, 0.1) is 13.0 Å². The van der Waals surface area contributed by atoms with Gasteiger partial charge in [0.15, 0.2) is 5.78 Å². The van der Waals surface area contributed by atoms with Crippen molar-refractivity contribution in [3.63, 3.8) is 0 Å². The number of rotatable bonds is 7. The van der Waals surface area contributed by atoms with Crippen molar-refractivity contribution in [3.05, 3.63) is 41.5 Å². The number of methoxy groups -OCH3 is 1. The number of aromatic nitrogens is 1. The number of hydrogen-bond acceptors (Lipinski definition) is 7. The number of carbonyl (C=O) groups is 2. The summed E-state index contributed by atoms with van der Waals surface area (Å²) in [5, 5.41) is 19.2. The largest absolute Gasteiger partial charge is 0.534 e. The smallest absolute Gasteiger partial charge is 0.497 e. The molecule has 0 amide bonds. The maximum absolute atomic E-state index is 12.9. The Morgan fingerprint density at radius 2 is 2.03 bits per heavy atom. The zero-order valence-corrected chi connectivity index (χ0v) is 15.8. The van der Waals surface area contributed by atoms with Crippen LogP contribution in [-0.2, 0) is 11.2 Å². The first-order valence-corrected chi connectivity index (χ1v) is 9.07. The van der Waals surface area contributed by atoms with Crippen molar-refractivity contribution in [1.29, 1.82) is 0 Å². The van der Waals surface area contributed by atoms with E-state index in [1.54, 1.807) is 25.3 Å². The van der Waals surface area contributed by atoms with E-state index >= 15 is 0 Å². The molecule has 29 heavy (non-hydrogen) atoms. The first kappa shape index (κ1) is 20.1. The molecule has 2 atom stereocenters. The number of ketones is 1. The molecule has 1 heterocycles. The summed E-state index contributed by atoms with van der Waals surface area (Å²) in [4.78, 5) is 30.0. The number of ether oxygens (including phenoxy) is 2. The number of Topliss-reactive ketones (excluding diaryl/α,β-unsaturated/α-hetero) is 1. The van der Waals surface area contributed by atoms with E-state index in [0.717, 1.165) is 17.7 Å². The first-order chi connectivity index (χ1) is 13.9. The minimum atomic E-state index is -1.15. The van der Waals surface area contributed by atoms with Gasteiger partial charge in [-0.05, 0) is 43.0 Å². The van der Waals surface area contributed by atoms with Gasteiger partial charge in [0.2, 0.25) is 11.8 Å².